The molecule has 5 nitrogen and oxygen atoms in total. The van der Waals surface area contributed by atoms with E-state index in [-0.39, 0.29) is 33.9 Å². The van der Waals surface area contributed by atoms with Crippen molar-refractivity contribution in [1.82, 2.24) is 0 Å². The Morgan fingerprint density at radius 2 is 1.57 bits per heavy atom. The van der Waals surface area contributed by atoms with Crippen LogP contribution in [0.2, 0.25) is 0 Å². The maximum atomic E-state index is 11.5. The standard InChI is InChI=1S/C16H20O5S2/c1-20-14(18)10-22-16(23-11-15(19)21-2)13(9-17)8-12-6-4-3-5-7-12/h3-7,9,13,16H,8,10-11H2,1-2H3. The summed E-state index contributed by atoms with van der Waals surface area (Å²) in [6.45, 7) is 0. The average Bonchev–Trinajstić information content (AvgIpc) is 2.60. The zero-order valence-electron chi connectivity index (χ0n) is 13.1. The van der Waals surface area contributed by atoms with Gasteiger partial charge in [0.05, 0.1) is 30.3 Å². The van der Waals surface area contributed by atoms with Gasteiger partial charge in [0.15, 0.2) is 0 Å². The Morgan fingerprint density at radius 3 is 2.00 bits per heavy atom. The molecule has 0 saturated heterocycles. The molecule has 0 fully saturated rings. The van der Waals surface area contributed by atoms with Gasteiger partial charge in [0.25, 0.3) is 0 Å². The van der Waals surface area contributed by atoms with E-state index in [0.29, 0.717) is 6.42 Å². The molecule has 1 rings (SSSR count). The van der Waals surface area contributed by atoms with Crippen molar-refractivity contribution >= 4 is 41.7 Å². The van der Waals surface area contributed by atoms with Gasteiger partial charge in [-0.2, -0.15) is 0 Å². The maximum Gasteiger partial charge on any atom is 0.315 e. The first-order chi connectivity index (χ1) is 11.1. The highest BCUT2D eigenvalue weighted by Crippen LogP contribution is 2.32. The third-order valence-electron chi connectivity index (χ3n) is 3.02. The first kappa shape index (κ1) is 19.6. The SMILES string of the molecule is COC(=O)CSC(SCC(=O)OC)C(C=O)Cc1ccccc1. The zero-order chi connectivity index (χ0) is 17.1. The molecule has 0 amide bonds. The molecule has 1 aromatic rings. The third-order valence-corrected chi connectivity index (χ3v) is 6.00. The molecular weight excluding hydrogens is 336 g/mol. The van der Waals surface area contributed by atoms with Crippen molar-refractivity contribution in [3.05, 3.63) is 35.9 Å². The van der Waals surface area contributed by atoms with Gasteiger partial charge in [0.2, 0.25) is 0 Å². The number of rotatable bonds is 10. The molecule has 0 saturated carbocycles. The maximum absolute atomic E-state index is 11.5. The van der Waals surface area contributed by atoms with Crippen LogP contribution in [-0.2, 0) is 30.3 Å². The molecule has 0 bridgehead atoms. The third kappa shape index (κ3) is 7.56. The molecule has 7 heteroatoms. The molecule has 1 unspecified atom stereocenters. The number of benzene rings is 1. The number of thioether (sulfide) groups is 2. The number of methoxy groups -OCH3 is 2. The van der Waals surface area contributed by atoms with Crippen LogP contribution in [-0.4, -0.2) is 48.5 Å². The van der Waals surface area contributed by atoms with E-state index < -0.39 is 0 Å². The van der Waals surface area contributed by atoms with Gasteiger partial charge < -0.3 is 14.3 Å². The highest BCUT2D eigenvalue weighted by atomic mass is 32.2. The normalized spacial score (nSPS) is 11.8. The fraction of sp³-hybridized carbons (Fsp3) is 0.438. The Kier molecular flexibility index (Phi) is 9.47. The molecule has 0 aliphatic carbocycles. The summed E-state index contributed by atoms with van der Waals surface area (Å²) < 4.78 is 9.03. The van der Waals surface area contributed by atoms with Crippen molar-refractivity contribution in [2.45, 2.75) is 11.0 Å². The van der Waals surface area contributed by atoms with Gasteiger partial charge in [0.1, 0.15) is 6.29 Å². The first-order valence-electron chi connectivity index (χ1n) is 6.96. The summed E-state index contributed by atoms with van der Waals surface area (Å²) in [5.74, 6) is -0.768. The van der Waals surface area contributed by atoms with Crippen LogP contribution in [0.25, 0.3) is 0 Å². The topological polar surface area (TPSA) is 69.7 Å². The molecule has 126 valence electrons. The molecule has 1 atom stereocenters. The smallest absolute Gasteiger partial charge is 0.315 e. The molecular formula is C16H20O5S2. The minimum absolute atomic E-state index is 0.133. The van der Waals surface area contributed by atoms with Gasteiger partial charge in [-0.05, 0) is 12.0 Å². The lowest BCUT2D eigenvalue weighted by Crippen LogP contribution is -2.22. The summed E-state index contributed by atoms with van der Waals surface area (Å²) in [5.41, 5.74) is 1.03. The zero-order valence-corrected chi connectivity index (χ0v) is 14.7. The Morgan fingerprint density at radius 1 is 1.04 bits per heavy atom. The van der Waals surface area contributed by atoms with Gasteiger partial charge in [-0.25, -0.2) is 0 Å². The fourth-order valence-corrected chi connectivity index (χ4v) is 4.25. The molecule has 0 N–H and O–H groups in total. The minimum Gasteiger partial charge on any atom is -0.468 e. The van der Waals surface area contributed by atoms with E-state index in [2.05, 4.69) is 9.47 Å². The quantitative estimate of drug-likeness (QED) is 0.361. The van der Waals surface area contributed by atoms with Crippen LogP contribution in [0.3, 0.4) is 0 Å². The van der Waals surface area contributed by atoms with E-state index >= 15 is 0 Å². The number of ether oxygens (including phenoxy) is 2. The highest BCUT2D eigenvalue weighted by molar-refractivity contribution is 8.17. The monoisotopic (exact) mass is 356 g/mol. The average molecular weight is 356 g/mol. The Hall–Kier alpha value is -1.47. The molecule has 0 spiro atoms. The number of hydrogen-bond acceptors (Lipinski definition) is 7. The largest absolute Gasteiger partial charge is 0.468 e. The van der Waals surface area contributed by atoms with Crippen LogP contribution in [0, 0.1) is 5.92 Å². The number of aldehydes is 1. The van der Waals surface area contributed by atoms with Gasteiger partial charge >= 0.3 is 11.9 Å². The van der Waals surface area contributed by atoms with Gasteiger partial charge in [-0.15, -0.1) is 23.5 Å². The number of carbonyl (C=O) groups excluding carboxylic acids is 3. The fourth-order valence-electron chi connectivity index (χ4n) is 1.81. The summed E-state index contributed by atoms with van der Waals surface area (Å²) in [5, 5.41) is 0. The summed E-state index contributed by atoms with van der Waals surface area (Å²) in [7, 11) is 2.64. The minimum atomic E-state index is -0.358. The Labute approximate surface area is 144 Å². The molecule has 0 heterocycles. The van der Waals surface area contributed by atoms with E-state index in [1.165, 1.54) is 37.7 Å². The summed E-state index contributed by atoms with van der Waals surface area (Å²) >= 11 is 2.62. The van der Waals surface area contributed by atoms with Gasteiger partial charge in [-0.1, -0.05) is 30.3 Å². The van der Waals surface area contributed by atoms with E-state index in [4.69, 9.17) is 0 Å². The highest BCUT2D eigenvalue weighted by Gasteiger charge is 2.25. The lowest BCUT2D eigenvalue weighted by Gasteiger charge is -2.21. The lowest BCUT2D eigenvalue weighted by molar-refractivity contribution is -0.138. The predicted octanol–water partition coefficient (Wildman–Crippen LogP) is 2.18. The molecule has 0 aliphatic rings. The van der Waals surface area contributed by atoms with Crippen molar-refractivity contribution in [3.63, 3.8) is 0 Å². The second-order valence-electron chi connectivity index (χ2n) is 4.63. The van der Waals surface area contributed by atoms with E-state index in [0.717, 1.165) is 11.8 Å². The summed E-state index contributed by atoms with van der Waals surface area (Å²) in [6.07, 6.45) is 1.43. The summed E-state index contributed by atoms with van der Waals surface area (Å²) in [4.78, 5) is 34.2. The Balaban J connectivity index is 2.74. The molecule has 1 aromatic carbocycles. The van der Waals surface area contributed by atoms with E-state index in [9.17, 15) is 14.4 Å². The van der Waals surface area contributed by atoms with Crippen LogP contribution in [0.5, 0.6) is 0 Å². The second kappa shape index (κ2) is 11.1. The molecule has 0 radical (unpaired) electrons. The van der Waals surface area contributed by atoms with Crippen LogP contribution in [0.4, 0.5) is 0 Å². The van der Waals surface area contributed by atoms with Gasteiger partial charge in [-0.3, -0.25) is 9.59 Å². The van der Waals surface area contributed by atoms with Crippen LogP contribution < -0.4 is 0 Å². The first-order valence-corrected chi connectivity index (χ1v) is 9.06. The van der Waals surface area contributed by atoms with Crippen molar-refractivity contribution in [1.29, 1.82) is 0 Å². The number of hydrogen-bond donors (Lipinski definition) is 0. The number of esters is 2. The van der Waals surface area contributed by atoms with Crippen molar-refractivity contribution in [2.24, 2.45) is 5.92 Å². The van der Waals surface area contributed by atoms with Crippen molar-refractivity contribution < 1.29 is 23.9 Å². The van der Waals surface area contributed by atoms with E-state index in [1.54, 1.807) is 0 Å². The molecule has 0 aliphatic heterocycles. The van der Waals surface area contributed by atoms with Crippen LogP contribution in [0.1, 0.15) is 5.56 Å². The predicted molar refractivity (Wildman–Crippen MR) is 92.4 cm³/mol. The van der Waals surface area contributed by atoms with Crippen molar-refractivity contribution in [3.8, 4) is 0 Å². The van der Waals surface area contributed by atoms with Crippen LogP contribution in [0.15, 0.2) is 30.3 Å². The van der Waals surface area contributed by atoms with Gasteiger partial charge in [0, 0.05) is 5.92 Å². The summed E-state index contributed by atoms with van der Waals surface area (Å²) in [6, 6.07) is 9.63. The van der Waals surface area contributed by atoms with E-state index in [1.807, 2.05) is 30.3 Å². The Bertz CT molecular complexity index is 486. The number of carbonyl (C=O) groups is 3. The van der Waals surface area contributed by atoms with Crippen molar-refractivity contribution in [2.75, 3.05) is 25.7 Å². The van der Waals surface area contributed by atoms with Crippen LogP contribution >= 0.6 is 23.5 Å². The molecule has 23 heavy (non-hydrogen) atoms. The molecule has 0 aromatic heterocycles. The lowest BCUT2D eigenvalue weighted by atomic mass is 10.0. The second-order valence-corrected chi connectivity index (χ2v) is 7.19.